The maximum Gasteiger partial charge on any atom is 0.407 e. The third-order valence-electron chi connectivity index (χ3n) is 7.82. The lowest BCUT2D eigenvalue weighted by atomic mass is 9.84. The van der Waals surface area contributed by atoms with Crippen molar-refractivity contribution in [3.05, 3.63) is 28.3 Å². The number of carbonyl (C=O) groups excluding carboxylic acids is 3. The first-order valence-corrected chi connectivity index (χ1v) is 14.4. The Balaban J connectivity index is 1.31. The highest BCUT2D eigenvalue weighted by Crippen LogP contribution is 2.40. The number of hydrogen-bond acceptors (Lipinski definition) is 6. The van der Waals surface area contributed by atoms with Gasteiger partial charge in [0.1, 0.15) is 0 Å². The van der Waals surface area contributed by atoms with Gasteiger partial charge in [-0.15, -0.1) is 0 Å². The number of imide groups is 1. The van der Waals surface area contributed by atoms with E-state index in [0.29, 0.717) is 44.0 Å². The van der Waals surface area contributed by atoms with Gasteiger partial charge in [0, 0.05) is 65.4 Å². The maximum atomic E-state index is 13.5. The fourth-order valence-electron chi connectivity index (χ4n) is 5.47. The van der Waals surface area contributed by atoms with Gasteiger partial charge in [-0.2, -0.15) is 0 Å². The van der Waals surface area contributed by atoms with E-state index in [0.717, 1.165) is 44.5 Å². The van der Waals surface area contributed by atoms with Crippen molar-refractivity contribution >= 4 is 41.2 Å². The van der Waals surface area contributed by atoms with Crippen LogP contribution in [0.2, 0.25) is 5.02 Å². The zero-order valence-corrected chi connectivity index (χ0v) is 24.3. The lowest BCUT2D eigenvalue weighted by Gasteiger charge is -2.35. The van der Waals surface area contributed by atoms with E-state index in [4.69, 9.17) is 21.4 Å². The van der Waals surface area contributed by atoms with Crippen LogP contribution in [0.15, 0.2) is 12.1 Å². The van der Waals surface area contributed by atoms with Crippen molar-refractivity contribution in [2.75, 3.05) is 63.9 Å². The number of urea groups is 1. The summed E-state index contributed by atoms with van der Waals surface area (Å²) in [6.45, 7) is 11.4. The third-order valence-corrected chi connectivity index (χ3v) is 8.21. The van der Waals surface area contributed by atoms with Gasteiger partial charge in [0.2, 0.25) is 5.91 Å². The molecule has 3 fully saturated rings. The van der Waals surface area contributed by atoms with Gasteiger partial charge in [-0.25, -0.2) is 9.59 Å². The number of rotatable bonds is 7. The Hall–Kier alpha value is -2.89. The molecule has 3 heterocycles. The number of anilines is 1. The molecule has 3 aliphatic heterocycles. The summed E-state index contributed by atoms with van der Waals surface area (Å²) < 4.78 is 6.09. The van der Waals surface area contributed by atoms with E-state index in [1.807, 2.05) is 26.8 Å². The monoisotopic (exact) mass is 577 g/mol. The van der Waals surface area contributed by atoms with E-state index in [1.165, 1.54) is 9.80 Å². The molecule has 0 atom stereocenters. The first kappa shape index (κ1) is 30.1. The topological polar surface area (TPSA) is 123 Å². The van der Waals surface area contributed by atoms with Crippen molar-refractivity contribution in [3.63, 3.8) is 0 Å². The zero-order valence-electron chi connectivity index (χ0n) is 23.6. The minimum absolute atomic E-state index is 0.0804. The van der Waals surface area contributed by atoms with Gasteiger partial charge in [0.15, 0.2) is 0 Å². The van der Waals surface area contributed by atoms with Crippen molar-refractivity contribution < 1.29 is 29.0 Å². The Morgan fingerprint density at radius 1 is 1.02 bits per heavy atom. The number of carbonyl (C=O) groups is 4. The maximum absolute atomic E-state index is 13.5. The number of halogens is 1. The quantitative estimate of drug-likeness (QED) is 0.476. The van der Waals surface area contributed by atoms with E-state index < -0.39 is 12.1 Å². The van der Waals surface area contributed by atoms with Crippen molar-refractivity contribution in [1.82, 2.24) is 20.0 Å². The van der Waals surface area contributed by atoms with Gasteiger partial charge >= 0.3 is 12.1 Å². The summed E-state index contributed by atoms with van der Waals surface area (Å²) in [6, 6.07) is 3.06. The molecule has 12 heteroatoms. The average Bonchev–Trinajstić information content (AvgIpc) is 2.91. The van der Waals surface area contributed by atoms with E-state index in [2.05, 4.69) is 10.2 Å². The fourth-order valence-corrected chi connectivity index (χ4v) is 5.82. The number of ether oxygens (including phenoxy) is 1. The molecule has 5 amide bonds. The van der Waals surface area contributed by atoms with E-state index in [1.54, 1.807) is 11.0 Å². The summed E-state index contributed by atoms with van der Waals surface area (Å²) in [5, 5.41) is 11.6. The number of nitrogens with one attached hydrogen (secondary N) is 1. The minimum atomic E-state index is -0.857. The minimum Gasteiger partial charge on any atom is -0.465 e. The van der Waals surface area contributed by atoms with Gasteiger partial charge in [0.05, 0.1) is 22.4 Å². The summed E-state index contributed by atoms with van der Waals surface area (Å²) in [5.74, 6) is -0.510. The standard InChI is InChI=1S/C28H40ClN5O6/c1-28(2,3)21-6-5-20(23(29)24(21)34-13-9-22(35)30-26(34)37)25(36)32-11-7-19(8-12-32)40-18-4-10-31-14-16-33(17-15-31)27(38)39/h5-6,19H,4,7-18H2,1-3H3,(H,38,39)(H,30,35,37). The Morgan fingerprint density at radius 2 is 1.70 bits per heavy atom. The molecule has 3 saturated heterocycles. The number of nitrogens with zero attached hydrogens (tertiary/aromatic N) is 4. The summed E-state index contributed by atoms with van der Waals surface area (Å²) in [7, 11) is 0. The number of piperidine rings is 1. The number of amides is 5. The first-order valence-electron chi connectivity index (χ1n) is 14.0. The van der Waals surface area contributed by atoms with Crippen LogP contribution in [0.3, 0.4) is 0 Å². The largest absolute Gasteiger partial charge is 0.465 e. The molecule has 3 aliphatic rings. The number of carboxylic acid groups (broad SMARTS) is 1. The van der Waals surface area contributed by atoms with Crippen LogP contribution in [0.5, 0.6) is 0 Å². The van der Waals surface area contributed by atoms with Crippen molar-refractivity contribution in [3.8, 4) is 0 Å². The van der Waals surface area contributed by atoms with Crippen molar-refractivity contribution in [2.24, 2.45) is 0 Å². The third kappa shape index (κ3) is 7.05. The molecule has 0 bridgehead atoms. The zero-order chi connectivity index (χ0) is 29.0. The summed E-state index contributed by atoms with van der Waals surface area (Å²) in [5.41, 5.74) is 1.31. The Labute approximate surface area is 240 Å². The molecule has 0 aliphatic carbocycles. The SMILES string of the molecule is CC(C)(C)c1ccc(C(=O)N2CCC(OCCCN3CCN(C(=O)O)CC3)CC2)c(Cl)c1N1CCC(=O)NC1=O. The Morgan fingerprint density at radius 3 is 2.30 bits per heavy atom. The predicted octanol–water partition coefficient (Wildman–Crippen LogP) is 3.39. The van der Waals surface area contributed by atoms with Crippen LogP contribution >= 0.6 is 11.6 Å². The second-order valence-electron chi connectivity index (χ2n) is 11.7. The smallest absolute Gasteiger partial charge is 0.407 e. The second-order valence-corrected chi connectivity index (χ2v) is 12.0. The molecule has 40 heavy (non-hydrogen) atoms. The molecule has 4 rings (SSSR count). The van der Waals surface area contributed by atoms with E-state index in [-0.39, 0.29) is 41.3 Å². The molecule has 220 valence electrons. The highest BCUT2D eigenvalue weighted by Gasteiger charge is 2.34. The molecule has 0 unspecified atom stereocenters. The molecule has 1 aromatic carbocycles. The van der Waals surface area contributed by atoms with Gasteiger partial charge in [-0.05, 0) is 36.3 Å². The molecule has 0 spiro atoms. The summed E-state index contributed by atoms with van der Waals surface area (Å²) >= 11 is 6.86. The van der Waals surface area contributed by atoms with E-state index in [9.17, 15) is 19.2 Å². The van der Waals surface area contributed by atoms with E-state index >= 15 is 0 Å². The van der Waals surface area contributed by atoms with Crippen molar-refractivity contribution in [2.45, 2.75) is 58.0 Å². The molecule has 0 radical (unpaired) electrons. The Kier molecular flexibility index (Phi) is 9.58. The number of hydrogen-bond donors (Lipinski definition) is 2. The van der Waals surface area contributed by atoms with Gasteiger partial charge in [-0.3, -0.25) is 24.7 Å². The summed E-state index contributed by atoms with van der Waals surface area (Å²) in [4.78, 5) is 56.0. The lowest BCUT2D eigenvalue weighted by Crippen LogP contribution is -2.50. The van der Waals surface area contributed by atoms with Crippen LogP contribution in [0.1, 0.15) is 62.4 Å². The normalized spacial score (nSPS) is 19.6. The number of likely N-dealkylation sites (tertiary alicyclic amines) is 1. The molecule has 11 nitrogen and oxygen atoms in total. The van der Waals surface area contributed by atoms with Crippen LogP contribution in [0, 0.1) is 0 Å². The Bertz CT molecular complexity index is 1120. The van der Waals surface area contributed by atoms with Crippen molar-refractivity contribution in [1.29, 1.82) is 0 Å². The second kappa shape index (κ2) is 12.7. The molecular formula is C28H40ClN5O6. The fraction of sp³-hybridized carbons (Fsp3) is 0.643. The predicted molar refractivity (Wildman–Crippen MR) is 151 cm³/mol. The van der Waals surface area contributed by atoms with Crippen LogP contribution in [-0.2, 0) is 14.9 Å². The molecule has 0 aromatic heterocycles. The summed E-state index contributed by atoms with van der Waals surface area (Å²) in [6.07, 6.45) is 1.72. The van der Waals surface area contributed by atoms with Crippen LogP contribution in [-0.4, -0.2) is 109 Å². The van der Waals surface area contributed by atoms with Gasteiger partial charge in [0.25, 0.3) is 5.91 Å². The average molecular weight is 578 g/mol. The van der Waals surface area contributed by atoms with Gasteiger partial charge < -0.3 is 19.6 Å². The van der Waals surface area contributed by atoms with Gasteiger partial charge in [-0.1, -0.05) is 38.4 Å². The number of piperazine rings is 1. The van der Waals surface area contributed by atoms with Crippen LogP contribution in [0.4, 0.5) is 15.3 Å². The highest BCUT2D eigenvalue weighted by atomic mass is 35.5. The molecule has 1 aromatic rings. The highest BCUT2D eigenvalue weighted by molar-refractivity contribution is 6.37. The lowest BCUT2D eigenvalue weighted by molar-refractivity contribution is -0.120. The van der Waals surface area contributed by atoms with Crippen LogP contribution in [0.25, 0.3) is 0 Å². The van der Waals surface area contributed by atoms with Crippen LogP contribution < -0.4 is 10.2 Å². The molecular weight excluding hydrogens is 538 g/mol. The molecule has 0 saturated carbocycles. The first-order chi connectivity index (χ1) is 19.0. The number of benzene rings is 1. The molecule has 2 N–H and O–H groups in total.